The van der Waals surface area contributed by atoms with Crippen molar-refractivity contribution in [1.29, 1.82) is 0 Å². The van der Waals surface area contributed by atoms with E-state index in [-0.39, 0.29) is 20.1 Å². The summed E-state index contributed by atoms with van der Waals surface area (Å²) in [6.45, 7) is 1.66. The maximum absolute atomic E-state index is 11.0. The predicted molar refractivity (Wildman–Crippen MR) is 88.1 cm³/mol. The highest BCUT2D eigenvalue weighted by atomic mass is 32.9. The molecule has 0 fully saturated rings. The van der Waals surface area contributed by atoms with Crippen LogP contribution in [0.1, 0.15) is 13.3 Å². The fraction of sp³-hybridized carbons (Fsp3) is 0.800. The van der Waals surface area contributed by atoms with E-state index in [0.717, 1.165) is 14.1 Å². The van der Waals surface area contributed by atoms with E-state index in [0.29, 0.717) is 12.5 Å². The van der Waals surface area contributed by atoms with Crippen molar-refractivity contribution in [2.75, 3.05) is 6.16 Å². The van der Waals surface area contributed by atoms with Crippen LogP contribution in [0.15, 0.2) is 0 Å². The summed E-state index contributed by atoms with van der Waals surface area (Å²) in [6.07, 6.45) is 1.79. The molecule has 1 N–H and O–H groups in total. The minimum atomic E-state index is 0.00188. The highest BCUT2D eigenvalue weighted by Gasteiger charge is 2.17. The molecule has 0 spiro atoms. The van der Waals surface area contributed by atoms with E-state index in [4.69, 9.17) is 0 Å². The van der Waals surface area contributed by atoms with Gasteiger partial charge >= 0.3 is 0 Å². The molecule has 0 rings (SSSR count). The van der Waals surface area contributed by atoms with Crippen LogP contribution < -0.4 is 5.09 Å². The fourth-order valence-electron chi connectivity index (χ4n) is 0.946. The molecule has 9 heteroatoms. The van der Waals surface area contributed by atoms with Crippen LogP contribution in [-0.2, 0) is 4.79 Å². The molecule has 0 aliphatic rings. The Kier molecular flexibility index (Phi) is 11.5. The Morgan fingerprint density at radius 3 is 2.43 bits per heavy atom. The molecule has 0 aromatic rings. The first-order valence-corrected chi connectivity index (χ1v) is 15.0. The van der Waals surface area contributed by atoms with Crippen LogP contribution in [0, 0.1) is 0 Å². The Morgan fingerprint density at radius 2 is 2.14 bits per heavy atom. The van der Waals surface area contributed by atoms with Gasteiger partial charge in [0.1, 0.15) is 5.78 Å². The van der Waals surface area contributed by atoms with Crippen molar-refractivity contribution in [3.8, 4) is 0 Å². The largest absolute Gasteiger partial charge is 0.300 e. The molecule has 7 atom stereocenters. The molecule has 0 aromatic heterocycles. The zero-order chi connectivity index (χ0) is 11.1. The normalized spacial score (nSPS) is 16.4. The summed E-state index contributed by atoms with van der Waals surface area (Å²) in [5.41, 5.74) is 0. The second-order valence-corrected chi connectivity index (χ2v) is 21.8. The summed E-state index contributed by atoms with van der Waals surface area (Å²) < 4.78 is 0. The van der Waals surface area contributed by atoms with Crippen molar-refractivity contribution < 1.29 is 4.79 Å². The number of nitrogens with one attached hydrogen (secondary N) is 1. The van der Waals surface area contributed by atoms with Crippen molar-refractivity contribution in [1.82, 2.24) is 5.09 Å². The first-order chi connectivity index (χ1) is 6.51. The van der Waals surface area contributed by atoms with Crippen molar-refractivity contribution in [3.63, 3.8) is 0 Å². The highest BCUT2D eigenvalue weighted by Crippen LogP contribution is 2.88. The van der Waals surface area contributed by atoms with Crippen LogP contribution in [-0.4, -0.2) is 18.0 Å². The van der Waals surface area contributed by atoms with Gasteiger partial charge in [0.05, 0.1) is 0 Å². The lowest BCUT2D eigenvalue weighted by Crippen LogP contribution is -2.25. The molecule has 2 nitrogen and oxygen atoms in total. The summed E-state index contributed by atoms with van der Waals surface area (Å²) in [6, 6.07) is 0.336. The van der Waals surface area contributed by atoms with Gasteiger partial charge in [0.15, 0.2) is 0 Å². The molecular formula is C5H18NOP7. The topological polar surface area (TPSA) is 29.1 Å². The van der Waals surface area contributed by atoms with Gasteiger partial charge in [-0.3, -0.25) is 9.88 Å². The Hall–Kier alpha value is 2.64. The van der Waals surface area contributed by atoms with E-state index in [2.05, 4.69) is 41.3 Å². The van der Waals surface area contributed by atoms with Gasteiger partial charge in [0.2, 0.25) is 0 Å². The summed E-state index contributed by atoms with van der Waals surface area (Å²) in [7, 11) is 12.2. The predicted octanol–water partition coefficient (Wildman–Crippen LogP) is 3.56. The third kappa shape index (κ3) is 7.84. The monoisotopic (exact) mass is 325 g/mol. The molecule has 14 heavy (non-hydrogen) atoms. The zero-order valence-corrected chi connectivity index (χ0v) is 15.5. The van der Waals surface area contributed by atoms with Crippen molar-refractivity contribution in [2.45, 2.75) is 19.4 Å². The van der Waals surface area contributed by atoms with Crippen LogP contribution >= 0.6 is 58.4 Å². The Balaban J connectivity index is 4.07. The van der Waals surface area contributed by atoms with Gasteiger partial charge in [-0.05, 0) is 27.4 Å². The smallest absolute Gasteiger partial charge is 0.131 e. The van der Waals surface area contributed by atoms with Gasteiger partial charge in [0, 0.05) is 12.5 Å². The molecule has 6 unspecified atom stereocenters. The summed E-state index contributed by atoms with van der Waals surface area (Å²) in [5.74, 6) is 0.267. The van der Waals surface area contributed by atoms with Crippen LogP contribution in [0.25, 0.3) is 0 Å². The zero-order valence-electron chi connectivity index (χ0n) is 8.10. The lowest BCUT2D eigenvalue weighted by Gasteiger charge is -2.24. The van der Waals surface area contributed by atoms with Crippen LogP contribution in [0.4, 0.5) is 0 Å². The number of ketones is 1. The second-order valence-electron chi connectivity index (χ2n) is 2.86. The number of carbonyl (C=O) groups excluding carboxylic acids is 1. The van der Waals surface area contributed by atoms with Crippen LogP contribution in [0.5, 0.6) is 0 Å². The highest BCUT2D eigenvalue weighted by molar-refractivity contribution is 8.87. The van der Waals surface area contributed by atoms with Crippen molar-refractivity contribution >= 4 is 64.2 Å². The lowest BCUT2D eigenvalue weighted by molar-refractivity contribution is -0.117. The van der Waals surface area contributed by atoms with Gasteiger partial charge in [-0.1, -0.05) is 17.3 Å². The molecular weight excluding hydrogens is 307 g/mol. The summed E-state index contributed by atoms with van der Waals surface area (Å²) in [4.78, 5) is 11.0. The van der Waals surface area contributed by atoms with Gasteiger partial charge in [-0.25, -0.2) is 0 Å². The number of hydrogen-bond donors (Lipinski definition) is 1. The maximum Gasteiger partial charge on any atom is 0.131 e. The average molecular weight is 325 g/mol. The standard InChI is InChI=1S/C5H18NOP7/c1-4(7)2-5(6-8)3-13(12-9)14(10)11/h5-6,12H,2-3,8-11H2,1H3/t5-,13?/m0/s1. The maximum atomic E-state index is 11.0. The van der Waals surface area contributed by atoms with Gasteiger partial charge in [-0.2, -0.15) is 0 Å². The van der Waals surface area contributed by atoms with E-state index < -0.39 is 0 Å². The number of Topliss-reactive ketones (excluding diaryl/α,β-unsaturated/α-hetero) is 1. The number of hydrogen-bond acceptors (Lipinski definition) is 2. The molecule has 0 radical (unpaired) electrons. The van der Waals surface area contributed by atoms with Crippen LogP contribution in [0.2, 0.25) is 0 Å². The Labute approximate surface area is 99.7 Å². The van der Waals surface area contributed by atoms with Crippen LogP contribution in [0.3, 0.4) is 0 Å². The number of carbonyl (C=O) groups is 1. The lowest BCUT2D eigenvalue weighted by atomic mass is 10.2. The molecule has 0 aliphatic carbocycles. The van der Waals surface area contributed by atoms with Crippen molar-refractivity contribution in [3.05, 3.63) is 0 Å². The van der Waals surface area contributed by atoms with E-state index in [9.17, 15) is 4.79 Å². The molecule has 0 saturated heterocycles. The summed E-state index contributed by atoms with van der Waals surface area (Å²) >= 11 is 0. The minimum Gasteiger partial charge on any atom is -0.300 e. The third-order valence-electron chi connectivity index (χ3n) is 1.59. The molecule has 0 heterocycles. The first-order valence-electron chi connectivity index (χ1n) is 4.00. The minimum absolute atomic E-state index is 0.00188. The van der Waals surface area contributed by atoms with Gasteiger partial charge in [-0.15, -0.1) is 26.8 Å². The number of rotatable bonds is 7. The third-order valence-corrected chi connectivity index (χ3v) is 24.4. The second kappa shape index (κ2) is 9.65. The fourth-order valence-corrected chi connectivity index (χ4v) is 23.2. The summed E-state index contributed by atoms with van der Waals surface area (Å²) in [5, 5.41) is 3.15. The van der Waals surface area contributed by atoms with Crippen molar-refractivity contribution in [2.24, 2.45) is 0 Å². The molecule has 0 aromatic carbocycles. The van der Waals surface area contributed by atoms with E-state index in [1.807, 2.05) is 0 Å². The van der Waals surface area contributed by atoms with E-state index in [1.54, 1.807) is 6.92 Å². The quantitative estimate of drug-likeness (QED) is 0.725. The van der Waals surface area contributed by atoms with Gasteiger partial charge in [0.25, 0.3) is 0 Å². The van der Waals surface area contributed by atoms with Gasteiger partial charge < -0.3 is 0 Å². The van der Waals surface area contributed by atoms with E-state index in [1.165, 1.54) is 0 Å². The van der Waals surface area contributed by atoms with E-state index >= 15 is 0 Å². The molecule has 0 bridgehead atoms. The SMILES string of the molecule is CC(=O)C[C@@H](CP(PP)P(P)P)NP. The molecule has 0 saturated carbocycles. The average Bonchev–Trinajstić information content (AvgIpc) is 2.10. The Morgan fingerprint density at radius 1 is 1.57 bits per heavy atom. The Bertz CT molecular complexity index is 177. The molecule has 84 valence electrons. The first kappa shape index (κ1) is 16.6. The molecule has 0 aliphatic heterocycles. The molecule has 0 amide bonds.